The fourth-order valence-electron chi connectivity index (χ4n) is 2.50. The van der Waals surface area contributed by atoms with Gasteiger partial charge in [-0.05, 0) is 24.3 Å². The lowest BCUT2D eigenvalue weighted by atomic mass is 10.1. The maximum absolute atomic E-state index is 12.7. The van der Waals surface area contributed by atoms with E-state index in [1.54, 1.807) is 28.9 Å². The number of pyridine rings is 1. The van der Waals surface area contributed by atoms with E-state index in [1.807, 2.05) is 12.3 Å². The van der Waals surface area contributed by atoms with Gasteiger partial charge in [0, 0.05) is 30.2 Å². The molecule has 0 saturated carbocycles. The van der Waals surface area contributed by atoms with E-state index in [9.17, 15) is 26.3 Å². The molecular weight excluding hydrogens is 458 g/mol. The van der Waals surface area contributed by atoms with Crippen LogP contribution in [0.15, 0.2) is 67.4 Å². The van der Waals surface area contributed by atoms with Gasteiger partial charge in [-0.1, -0.05) is 12.1 Å². The number of alkyl halides is 6. The van der Waals surface area contributed by atoms with Crippen LogP contribution in [0.2, 0.25) is 0 Å². The van der Waals surface area contributed by atoms with E-state index in [0.717, 1.165) is 12.1 Å². The average Bonchev–Trinajstić information content (AvgIpc) is 3.23. The predicted molar refractivity (Wildman–Crippen MR) is 101 cm³/mol. The second-order valence-corrected chi connectivity index (χ2v) is 6.25. The lowest BCUT2D eigenvalue weighted by Gasteiger charge is -2.09. The highest BCUT2D eigenvalue weighted by Crippen LogP contribution is 2.31. The summed E-state index contributed by atoms with van der Waals surface area (Å²) in [6, 6.07) is 9.89. The van der Waals surface area contributed by atoms with Gasteiger partial charge in [-0.2, -0.15) is 26.3 Å². The lowest BCUT2D eigenvalue weighted by Crippen LogP contribution is -2.21. The molecule has 4 aromatic rings. The van der Waals surface area contributed by atoms with Gasteiger partial charge in [0.25, 0.3) is 0 Å². The van der Waals surface area contributed by atoms with E-state index in [0.29, 0.717) is 22.7 Å². The number of ether oxygens (including phenoxy) is 1. The Labute approximate surface area is 180 Å². The van der Waals surface area contributed by atoms with Crippen LogP contribution in [0.5, 0.6) is 11.6 Å². The first-order chi connectivity index (χ1) is 15.4. The molecule has 0 aliphatic carbocycles. The second-order valence-electron chi connectivity index (χ2n) is 6.25. The van der Waals surface area contributed by atoms with Crippen molar-refractivity contribution in [3.8, 4) is 22.9 Å². The third-order valence-corrected chi connectivity index (χ3v) is 3.99. The summed E-state index contributed by atoms with van der Waals surface area (Å²) >= 11 is 0. The van der Waals surface area contributed by atoms with Crippen LogP contribution in [0.25, 0.3) is 16.9 Å². The van der Waals surface area contributed by atoms with E-state index in [-0.39, 0.29) is 5.88 Å². The first-order valence-corrected chi connectivity index (χ1v) is 8.84. The van der Waals surface area contributed by atoms with Crippen molar-refractivity contribution in [2.75, 3.05) is 0 Å². The van der Waals surface area contributed by atoms with E-state index in [4.69, 9.17) is 14.6 Å². The lowest BCUT2D eigenvalue weighted by molar-refractivity contribution is -0.192. The summed E-state index contributed by atoms with van der Waals surface area (Å²) < 4.78 is 77.3. The van der Waals surface area contributed by atoms with Gasteiger partial charge < -0.3 is 14.2 Å². The quantitative estimate of drug-likeness (QED) is 0.412. The molecule has 0 fully saturated rings. The van der Waals surface area contributed by atoms with Crippen LogP contribution < -0.4 is 4.74 Å². The normalized spacial score (nSPS) is 11.6. The first kappa shape index (κ1) is 23.5. The highest BCUT2D eigenvalue weighted by Gasteiger charge is 2.38. The van der Waals surface area contributed by atoms with Crippen LogP contribution in [0, 0.1) is 0 Å². The molecule has 172 valence electrons. The molecule has 13 heteroatoms. The number of carboxylic acid groups (broad SMARTS) is 1. The zero-order chi connectivity index (χ0) is 24.2. The minimum Gasteiger partial charge on any atom is -0.475 e. The van der Waals surface area contributed by atoms with E-state index >= 15 is 0 Å². The Morgan fingerprint density at radius 2 is 1.61 bits per heavy atom. The topological polar surface area (TPSA) is 89.6 Å². The molecule has 0 bridgehead atoms. The Morgan fingerprint density at radius 1 is 0.939 bits per heavy atom. The predicted octanol–water partition coefficient (Wildman–Crippen LogP) is 5.24. The summed E-state index contributed by atoms with van der Waals surface area (Å²) in [5, 5.41) is 7.12. The number of hydrogen-bond acceptors (Lipinski definition) is 5. The molecule has 3 heterocycles. The van der Waals surface area contributed by atoms with Gasteiger partial charge in [-0.3, -0.25) is 0 Å². The molecule has 0 spiro atoms. The highest BCUT2D eigenvalue weighted by molar-refractivity contribution is 5.73. The number of carboxylic acids is 1. The minimum atomic E-state index is -5.08. The molecule has 0 amide bonds. The van der Waals surface area contributed by atoms with Gasteiger partial charge >= 0.3 is 18.3 Å². The molecule has 0 aliphatic heterocycles. The molecular formula is C20H12F6N4O3. The summed E-state index contributed by atoms with van der Waals surface area (Å²) in [7, 11) is 0. The number of fused-ring (bicyclic) bond motifs is 1. The summed E-state index contributed by atoms with van der Waals surface area (Å²) in [5.41, 5.74) is 0.906. The van der Waals surface area contributed by atoms with Crippen molar-refractivity contribution in [1.29, 1.82) is 0 Å². The molecule has 1 aromatic carbocycles. The number of benzene rings is 1. The van der Waals surface area contributed by atoms with Gasteiger partial charge in [0.15, 0.2) is 11.4 Å². The Kier molecular flexibility index (Phi) is 6.51. The third kappa shape index (κ3) is 5.96. The first-order valence-electron chi connectivity index (χ1n) is 8.84. The van der Waals surface area contributed by atoms with Crippen LogP contribution in [0.1, 0.15) is 5.56 Å². The summed E-state index contributed by atoms with van der Waals surface area (Å²) in [4.78, 5) is 21.3. The summed E-state index contributed by atoms with van der Waals surface area (Å²) in [6.07, 6.45) is -2.89. The number of rotatable bonds is 3. The largest absolute Gasteiger partial charge is 0.490 e. The monoisotopic (exact) mass is 470 g/mol. The standard InChI is InChI=1S/C18H11F3N4O.C2HF3O2/c19-18(20,21)13-5-3-12(4-6-13)14-10-16(24-11-23-14)26-15-2-1-8-25-9-7-22-17(15)25;3-2(4,5)1(6)7/h1-11H;(H,6,7). The molecule has 3 aromatic heterocycles. The zero-order valence-corrected chi connectivity index (χ0v) is 16.2. The number of halogens is 6. The molecule has 0 radical (unpaired) electrons. The number of hydrogen-bond donors (Lipinski definition) is 1. The van der Waals surface area contributed by atoms with Crippen LogP contribution in [0.3, 0.4) is 0 Å². The molecule has 7 nitrogen and oxygen atoms in total. The van der Waals surface area contributed by atoms with Gasteiger partial charge in [0.1, 0.15) is 6.33 Å². The molecule has 4 rings (SSSR count). The van der Waals surface area contributed by atoms with Gasteiger partial charge in [-0.25, -0.2) is 19.7 Å². The molecule has 0 aliphatic rings. The van der Waals surface area contributed by atoms with E-state index in [2.05, 4.69) is 15.0 Å². The molecule has 0 unspecified atom stereocenters. The van der Waals surface area contributed by atoms with Crippen molar-refractivity contribution in [2.24, 2.45) is 0 Å². The zero-order valence-electron chi connectivity index (χ0n) is 16.2. The van der Waals surface area contributed by atoms with Crippen molar-refractivity contribution >= 4 is 11.6 Å². The molecule has 33 heavy (non-hydrogen) atoms. The van der Waals surface area contributed by atoms with E-state index < -0.39 is 23.9 Å². The summed E-state index contributed by atoms with van der Waals surface area (Å²) in [6.45, 7) is 0. The third-order valence-electron chi connectivity index (χ3n) is 3.99. The number of aliphatic carboxylic acids is 1. The SMILES string of the molecule is FC(F)(F)c1ccc(-c2cc(Oc3cccn4ccnc34)ncn2)cc1.O=C(O)C(F)(F)F. The Hall–Kier alpha value is -4.16. The van der Waals surface area contributed by atoms with E-state index in [1.165, 1.54) is 18.5 Å². The Balaban J connectivity index is 0.000000383. The fourth-order valence-corrected chi connectivity index (χ4v) is 2.50. The second kappa shape index (κ2) is 9.14. The van der Waals surface area contributed by atoms with Gasteiger partial charge in [-0.15, -0.1) is 0 Å². The minimum absolute atomic E-state index is 0.269. The van der Waals surface area contributed by atoms with Gasteiger partial charge in [0.2, 0.25) is 5.88 Å². The number of imidazole rings is 1. The van der Waals surface area contributed by atoms with Crippen molar-refractivity contribution in [1.82, 2.24) is 19.4 Å². The maximum Gasteiger partial charge on any atom is 0.490 e. The van der Waals surface area contributed by atoms with Gasteiger partial charge in [0.05, 0.1) is 11.3 Å². The van der Waals surface area contributed by atoms with Crippen molar-refractivity contribution < 1.29 is 41.0 Å². The fraction of sp³-hybridized carbons (Fsp3) is 0.100. The molecule has 1 N–H and O–H groups in total. The highest BCUT2D eigenvalue weighted by atomic mass is 19.4. The maximum atomic E-state index is 12.7. The number of carbonyl (C=O) groups is 1. The average molecular weight is 470 g/mol. The van der Waals surface area contributed by atoms with Crippen LogP contribution in [0.4, 0.5) is 26.3 Å². The van der Waals surface area contributed by atoms with Crippen molar-refractivity contribution in [3.63, 3.8) is 0 Å². The van der Waals surface area contributed by atoms with Crippen LogP contribution in [-0.4, -0.2) is 36.6 Å². The van der Waals surface area contributed by atoms with Crippen molar-refractivity contribution in [3.05, 3.63) is 72.9 Å². The smallest absolute Gasteiger partial charge is 0.475 e. The Bertz CT molecular complexity index is 1250. The molecule has 0 atom stereocenters. The van der Waals surface area contributed by atoms with Crippen molar-refractivity contribution in [2.45, 2.75) is 12.4 Å². The van der Waals surface area contributed by atoms with Crippen LogP contribution in [-0.2, 0) is 11.0 Å². The molecule has 0 saturated heterocycles. The number of nitrogens with zero attached hydrogens (tertiary/aromatic N) is 4. The summed E-state index contributed by atoms with van der Waals surface area (Å²) in [5.74, 6) is -1.98. The van der Waals surface area contributed by atoms with Crippen LogP contribution >= 0.6 is 0 Å². The Morgan fingerprint density at radius 3 is 2.21 bits per heavy atom. The number of aromatic nitrogens is 4.